The van der Waals surface area contributed by atoms with Crippen molar-refractivity contribution in [3.63, 3.8) is 0 Å². The molecule has 1 saturated heterocycles. The van der Waals surface area contributed by atoms with Crippen molar-refractivity contribution in [2.24, 2.45) is 5.92 Å². The van der Waals surface area contributed by atoms with Crippen molar-refractivity contribution in [1.82, 2.24) is 9.29 Å². The smallest absolute Gasteiger partial charge is 0.244 e. The van der Waals surface area contributed by atoms with Gasteiger partial charge in [0.25, 0.3) is 0 Å². The van der Waals surface area contributed by atoms with Crippen LogP contribution in [0.15, 0.2) is 23.2 Å². The fourth-order valence-corrected chi connectivity index (χ4v) is 3.39. The third-order valence-corrected chi connectivity index (χ3v) is 4.84. The van der Waals surface area contributed by atoms with E-state index in [2.05, 4.69) is 4.98 Å². The molecule has 7 heteroatoms. The Balaban J connectivity index is 2.23. The minimum Gasteiger partial charge on any atom is -0.396 e. The molecule has 0 saturated carbocycles. The summed E-state index contributed by atoms with van der Waals surface area (Å²) in [4.78, 5) is 3.84. The van der Waals surface area contributed by atoms with E-state index in [1.807, 2.05) is 6.07 Å². The van der Waals surface area contributed by atoms with E-state index in [4.69, 9.17) is 10.4 Å². The molecular weight excluding hydrogens is 254 g/mol. The van der Waals surface area contributed by atoms with Gasteiger partial charge >= 0.3 is 0 Å². The van der Waals surface area contributed by atoms with Crippen LogP contribution in [0, 0.1) is 17.2 Å². The van der Waals surface area contributed by atoms with Crippen LogP contribution in [0.4, 0.5) is 0 Å². The Kier molecular flexibility index (Phi) is 3.61. The zero-order valence-electron chi connectivity index (χ0n) is 9.65. The van der Waals surface area contributed by atoms with Crippen LogP contribution in [0.1, 0.15) is 12.1 Å². The quantitative estimate of drug-likeness (QED) is 0.829. The lowest BCUT2D eigenvalue weighted by molar-refractivity contribution is 0.233. The number of pyridine rings is 1. The maximum absolute atomic E-state index is 12.2. The molecule has 2 rings (SSSR count). The van der Waals surface area contributed by atoms with Crippen LogP contribution >= 0.6 is 0 Å². The molecule has 1 aliphatic rings. The fraction of sp³-hybridized carbons (Fsp3) is 0.455. The summed E-state index contributed by atoms with van der Waals surface area (Å²) in [5.74, 6) is 0.00566. The lowest BCUT2D eigenvalue weighted by Gasteiger charge is -2.15. The number of hydrogen-bond donors (Lipinski definition) is 1. The topological polar surface area (TPSA) is 94.3 Å². The van der Waals surface area contributed by atoms with Gasteiger partial charge in [-0.15, -0.1) is 0 Å². The van der Waals surface area contributed by atoms with Crippen LogP contribution in [0.2, 0.25) is 0 Å². The second-order valence-corrected chi connectivity index (χ2v) is 6.13. The zero-order valence-corrected chi connectivity index (χ0v) is 10.5. The maximum Gasteiger partial charge on any atom is 0.244 e. The van der Waals surface area contributed by atoms with Crippen molar-refractivity contribution in [1.29, 1.82) is 5.26 Å². The molecule has 0 aromatic carbocycles. The van der Waals surface area contributed by atoms with E-state index in [0.717, 1.165) is 0 Å². The maximum atomic E-state index is 12.2. The predicted octanol–water partition coefficient (Wildman–Crippen LogP) is -0.0438. The number of aliphatic hydroxyl groups excluding tert-OH is 1. The molecule has 0 spiro atoms. The lowest BCUT2D eigenvalue weighted by Crippen LogP contribution is -2.29. The molecule has 1 aromatic heterocycles. The van der Waals surface area contributed by atoms with Gasteiger partial charge in [-0.2, -0.15) is 9.57 Å². The Morgan fingerprint density at radius 2 is 2.33 bits per heavy atom. The van der Waals surface area contributed by atoms with Gasteiger partial charge < -0.3 is 5.11 Å². The highest BCUT2D eigenvalue weighted by atomic mass is 32.2. The SMILES string of the molecule is N#Cc1ccc(S(=O)(=O)N2CCC(CO)C2)cn1. The Labute approximate surface area is 106 Å². The van der Waals surface area contributed by atoms with E-state index in [9.17, 15) is 8.42 Å². The van der Waals surface area contributed by atoms with Gasteiger partial charge in [-0.25, -0.2) is 13.4 Å². The first-order valence-electron chi connectivity index (χ1n) is 5.55. The Morgan fingerprint density at radius 3 is 2.83 bits per heavy atom. The molecule has 0 radical (unpaired) electrons. The van der Waals surface area contributed by atoms with Gasteiger partial charge in [0.2, 0.25) is 10.0 Å². The van der Waals surface area contributed by atoms with Gasteiger partial charge in [-0.05, 0) is 24.5 Å². The van der Waals surface area contributed by atoms with E-state index < -0.39 is 10.0 Å². The number of aromatic nitrogens is 1. The van der Waals surface area contributed by atoms with Gasteiger partial charge in [0.05, 0.1) is 0 Å². The molecule has 1 fully saturated rings. The summed E-state index contributed by atoms with van der Waals surface area (Å²) in [7, 11) is -3.56. The Morgan fingerprint density at radius 1 is 1.56 bits per heavy atom. The molecule has 2 heterocycles. The highest BCUT2D eigenvalue weighted by Gasteiger charge is 2.32. The predicted molar refractivity (Wildman–Crippen MR) is 62.9 cm³/mol. The van der Waals surface area contributed by atoms with Crippen LogP contribution < -0.4 is 0 Å². The summed E-state index contributed by atoms with van der Waals surface area (Å²) in [5, 5.41) is 17.6. The summed E-state index contributed by atoms with van der Waals surface area (Å²) in [5.41, 5.74) is 0.184. The monoisotopic (exact) mass is 267 g/mol. The zero-order chi connectivity index (χ0) is 13.2. The Hall–Kier alpha value is -1.49. The lowest BCUT2D eigenvalue weighted by atomic mass is 10.1. The molecule has 18 heavy (non-hydrogen) atoms. The van der Waals surface area contributed by atoms with Gasteiger partial charge in [0, 0.05) is 25.9 Å². The number of nitrogens with zero attached hydrogens (tertiary/aromatic N) is 3. The molecule has 0 amide bonds. The van der Waals surface area contributed by atoms with Gasteiger partial charge in [-0.3, -0.25) is 0 Å². The first-order valence-corrected chi connectivity index (χ1v) is 6.99. The van der Waals surface area contributed by atoms with Gasteiger partial charge in [0.1, 0.15) is 16.7 Å². The van der Waals surface area contributed by atoms with Crippen molar-refractivity contribution in [2.75, 3.05) is 19.7 Å². The fourth-order valence-electron chi connectivity index (χ4n) is 1.91. The average Bonchev–Trinajstić information content (AvgIpc) is 2.88. The first-order chi connectivity index (χ1) is 8.57. The summed E-state index contributed by atoms with van der Waals surface area (Å²) < 4.78 is 25.8. The van der Waals surface area contributed by atoms with Gasteiger partial charge in [0.15, 0.2) is 0 Å². The minimum atomic E-state index is -3.56. The molecule has 1 N–H and O–H groups in total. The third kappa shape index (κ3) is 2.36. The molecule has 1 aliphatic heterocycles. The van der Waals surface area contributed by atoms with Crippen molar-refractivity contribution >= 4 is 10.0 Å². The average molecular weight is 267 g/mol. The van der Waals surface area contributed by atoms with Crippen molar-refractivity contribution in [3.05, 3.63) is 24.0 Å². The van der Waals surface area contributed by atoms with E-state index in [1.165, 1.54) is 22.6 Å². The number of rotatable bonds is 3. The van der Waals surface area contributed by atoms with Crippen molar-refractivity contribution < 1.29 is 13.5 Å². The molecule has 96 valence electrons. The molecule has 6 nitrogen and oxygen atoms in total. The van der Waals surface area contributed by atoms with Crippen molar-refractivity contribution in [3.8, 4) is 6.07 Å². The summed E-state index contributed by atoms with van der Waals surface area (Å²) in [6.45, 7) is 0.740. The van der Waals surface area contributed by atoms with Crippen LogP contribution in [0.5, 0.6) is 0 Å². The summed E-state index contributed by atoms with van der Waals surface area (Å²) in [6.07, 6.45) is 1.86. The minimum absolute atomic E-state index is 0.00234. The Bertz CT molecular complexity index is 562. The first kappa shape index (κ1) is 13.0. The van der Waals surface area contributed by atoms with E-state index >= 15 is 0 Å². The van der Waals surface area contributed by atoms with E-state index in [0.29, 0.717) is 19.5 Å². The molecule has 1 atom stereocenters. The largest absolute Gasteiger partial charge is 0.396 e. The molecule has 0 bridgehead atoms. The second-order valence-electron chi connectivity index (χ2n) is 4.19. The van der Waals surface area contributed by atoms with Crippen LogP contribution in [-0.4, -0.2) is 42.5 Å². The highest BCUT2D eigenvalue weighted by Crippen LogP contribution is 2.23. The number of hydrogen-bond acceptors (Lipinski definition) is 5. The number of sulfonamides is 1. The van der Waals surface area contributed by atoms with Crippen LogP contribution in [0.25, 0.3) is 0 Å². The van der Waals surface area contributed by atoms with Crippen molar-refractivity contribution in [2.45, 2.75) is 11.3 Å². The van der Waals surface area contributed by atoms with Gasteiger partial charge in [-0.1, -0.05) is 0 Å². The summed E-state index contributed by atoms with van der Waals surface area (Å²) >= 11 is 0. The molecule has 0 aliphatic carbocycles. The summed E-state index contributed by atoms with van der Waals surface area (Å²) in [6, 6.07) is 4.60. The molecular formula is C11H13N3O3S. The highest BCUT2D eigenvalue weighted by molar-refractivity contribution is 7.89. The van der Waals surface area contributed by atoms with E-state index in [1.54, 1.807) is 0 Å². The van der Waals surface area contributed by atoms with E-state index in [-0.39, 0.29) is 23.1 Å². The number of nitriles is 1. The van der Waals surface area contributed by atoms with Crippen LogP contribution in [0.3, 0.4) is 0 Å². The second kappa shape index (κ2) is 5.02. The standard InChI is InChI=1S/C11H13N3O3S/c12-5-10-1-2-11(6-13-10)18(16,17)14-4-3-9(7-14)8-15/h1-2,6,9,15H,3-4,7-8H2. The number of aliphatic hydroxyl groups is 1. The molecule has 1 aromatic rings. The third-order valence-electron chi connectivity index (χ3n) is 3.00. The van der Waals surface area contributed by atoms with Crippen LogP contribution in [-0.2, 0) is 10.0 Å². The normalized spacial score (nSPS) is 20.8. The molecule has 1 unspecified atom stereocenters.